The van der Waals surface area contributed by atoms with E-state index in [-0.39, 0.29) is 6.03 Å². The molecule has 2 heterocycles. The minimum atomic E-state index is -0.0201. The molecule has 1 aromatic heterocycles. The van der Waals surface area contributed by atoms with E-state index < -0.39 is 0 Å². The number of hydrogen-bond acceptors (Lipinski definition) is 2. The Morgan fingerprint density at radius 2 is 2.43 bits per heavy atom. The number of halogens is 1. The van der Waals surface area contributed by atoms with Crippen LogP contribution in [0.2, 0.25) is 0 Å². The number of amides is 2. The second kappa shape index (κ2) is 3.76. The molecule has 76 valence electrons. The van der Waals surface area contributed by atoms with Gasteiger partial charge in [0.25, 0.3) is 0 Å². The van der Waals surface area contributed by atoms with Crippen molar-refractivity contribution in [2.45, 2.75) is 13.1 Å². The minimum absolute atomic E-state index is 0.0201. The van der Waals surface area contributed by atoms with Crippen molar-refractivity contribution in [3.05, 3.63) is 15.7 Å². The maximum Gasteiger partial charge on any atom is 0.317 e. The highest BCUT2D eigenvalue weighted by Gasteiger charge is 2.21. The fourth-order valence-corrected chi connectivity index (χ4v) is 2.16. The quantitative estimate of drug-likeness (QED) is 0.715. The Balaban J connectivity index is 2.20. The van der Waals surface area contributed by atoms with Gasteiger partial charge in [-0.25, -0.2) is 9.78 Å². The van der Waals surface area contributed by atoms with Crippen molar-refractivity contribution in [2.75, 3.05) is 13.6 Å². The Bertz CT molecular complexity index is 362. The first-order valence-electron chi connectivity index (χ1n) is 4.38. The van der Waals surface area contributed by atoms with Crippen molar-refractivity contribution in [1.29, 1.82) is 0 Å². The van der Waals surface area contributed by atoms with Gasteiger partial charge in [-0.1, -0.05) is 0 Å². The molecule has 0 radical (unpaired) electrons. The van der Waals surface area contributed by atoms with E-state index in [9.17, 15) is 4.79 Å². The number of rotatable bonds is 0. The number of nitrogens with zero attached hydrogens (tertiary/aromatic N) is 3. The molecule has 5 nitrogen and oxygen atoms in total. The zero-order chi connectivity index (χ0) is 10.1. The molecule has 0 fully saturated rings. The molecule has 0 saturated heterocycles. The van der Waals surface area contributed by atoms with E-state index in [1.54, 1.807) is 11.9 Å². The fourth-order valence-electron chi connectivity index (χ4n) is 1.55. The summed E-state index contributed by atoms with van der Waals surface area (Å²) < 4.78 is 3.08. The van der Waals surface area contributed by atoms with Crippen molar-refractivity contribution in [1.82, 2.24) is 19.8 Å². The maximum atomic E-state index is 11.4. The van der Waals surface area contributed by atoms with Crippen LogP contribution in [0, 0.1) is 3.70 Å². The van der Waals surface area contributed by atoms with Gasteiger partial charge in [-0.2, -0.15) is 0 Å². The van der Waals surface area contributed by atoms with E-state index in [4.69, 9.17) is 0 Å². The lowest BCUT2D eigenvalue weighted by molar-refractivity contribution is 0.185. The molecule has 2 amide bonds. The van der Waals surface area contributed by atoms with E-state index >= 15 is 0 Å². The summed E-state index contributed by atoms with van der Waals surface area (Å²) >= 11 is 2.19. The summed E-state index contributed by atoms with van der Waals surface area (Å²) in [5.74, 6) is 0. The number of nitrogens with one attached hydrogen (secondary N) is 1. The first-order chi connectivity index (χ1) is 6.72. The lowest BCUT2D eigenvalue weighted by atomic mass is 10.3. The van der Waals surface area contributed by atoms with E-state index in [0.717, 1.165) is 22.5 Å². The molecule has 0 aromatic carbocycles. The number of carbonyl (C=O) groups is 1. The Morgan fingerprint density at radius 3 is 3.14 bits per heavy atom. The Labute approximate surface area is 95.6 Å². The summed E-state index contributed by atoms with van der Waals surface area (Å²) in [5, 5.41) is 2.63. The number of carbonyl (C=O) groups excluding carboxylic acids is 1. The van der Waals surface area contributed by atoms with Crippen LogP contribution in [-0.2, 0) is 13.1 Å². The number of fused-ring (bicyclic) bond motifs is 1. The van der Waals surface area contributed by atoms with Crippen LogP contribution < -0.4 is 5.32 Å². The van der Waals surface area contributed by atoms with Gasteiger partial charge in [0, 0.05) is 20.1 Å². The van der Waals surface area contributed by atoms with Gasteiger partial charge in [-0.3, -0.25) is 0 Å². The summed E-state index contributed by atoms with van der Waals surface area (Å²) in [6.45, 7) is 2.23. The highest BCUT2D eigenvalue weighted by Crippen LogP contribution is 2.17. The topological polar surface area (TPSA) is 50.2 Å². The second-order valence-electron chi connectivity index (χ2n) is 3.15. The van der Waals surface area contributed by atoms with Crippen LogP contribution in [0.4, 0.5) is 4.79 Å². The van der Waals surface area contributed by atoms with Crippen LogP contribution in [0.5, 0.6) is 0 Å². The largest absolute Gasteiger partial charge is 0.341 e. The molecule has 0 atom stereocenters. The molecular formula is C8H11IN4O. The average Bonchev–Trinajstić information content (AvgIpc) is 2.59. The Kier molecular flexibility index (Phi) is 2.62. The number of hydrogen-bond donors (Lipinski definition) is 1. The zero-order valence-electron chi connectivity index (χ0n) is 7.83. The van der Waals surface area contributed by atoms with Crippen molar-refractivity contribution in [2.24, 2.45) is 0 Å². The van der Waals surface area contributed by atoms with Crippen LogP contribution in [0.15, 0.2) is 6.33 Å². The monoisotopic (exact) mass is 306 g/mol. The number of imidazole rings is 1. The van der Waals surface area contributed by atoms with Gasteiger partial charge < -0.3 is 14.8 Å². The molecule has 0 bridgehead atoms. The smallest absolute Gasteiger partial charge is 0.317 e. The predicted octanol–water partition coefficient (Wildman–Crippen LogP) is 0.643. The molecule has 6 heteroatoms. The summed E-state index contributed by atoms with van der Waals surface area (Å²) in [4.78, 5) is 17.4. The van der Waals surface area contributed by atoms with E-state index in [0.29, 0.717) is 6.54 Å². The molecular weight excluding hydrogens is 295 g/mol. The van der Waals surface area contributed by atoms with Crippen LogP contribution in [0.1, 0.15) is 5.69 Å². The number of aromatic nitrogens is 2. The van der Waals surface area contributed by atoms with E-state index in [1.807, 2.05) is 6.33 Å². The van der Waals surface area contributed by atoms with Crippen molar-refractivity contribution >= 4 is 28.6 Å². The van der Waals surface area contributed by atoms with Crippen molar-refractivity contribution in [3.8, 4) is 0 Å². The molecule has 0 unspecified atom stereocenters. The standard InChI is InChI=1S/C8H11IN4O/c1-10-8(14)12-2-3-13-5-11-7(9)6(13)4-12/h5H,2-4H2,1H3,(H,10,14). The summed E-state index contributed by atoms with van der Waals surface area (Å²) in [6, 6.07) is -0.0201. The molecule has 2 rings (SSSR count). The van der Waals surface area contributed by atoms with Crippen LogP contribution in [0.3, 0.4) is 0 Å². The Morgan fingerprint density at radius 1 is 1.64 bits per heavy atom. The summed E-state index contributed by atoms with van der Waals surface area (Å²) in [7, 11) is 1.65. The SMILES string of the molecule is CNC(=O)N1CCn2cnc(I)c2C1. The highest BCUT2D eigenvalue weighted by molar-refractivity contribution is 14.1. The molecule has 1 aliphatic rings. The summed E-state index contributed by atoms with van der Waals surface area (Å²) in [5.41, 5.74) is 1.13. The van der Waals surface area contributed by atoms with Crippen molar-refractivity contribution in [3.63, 3.8) is 0 Å². The third kappa shape index (κ3) is 1.58. The normalized spacial score (nSPS) is 15.1. The highest BCUT2D eigenvalue weighted by atomic mass is 127. The lowest BCUT2D eigenvalue weighted by Crippen LogP contribution is -2.42. The van der Waals surface area contributed by atoms with E-state index in [2.05, 4.69) is 37.5 Å². The molecule has 0 spiro atoms. The molecule has 1 aliphatic heterocycles. The van der Waals surface area contributed by atoms with Gasteiger partial charge >= 0.3 is 6.03 Å². The van der Waals surface area contributed by atoms with Gasteiger partial charge in [-0.15, -0.1) is 0 Å². The van der Waals surface area contributed by atoms with Gasteiger partial charge in [0.05, 0.1) is 18.6 Å². The van der Waals surface area contributed by atoms with Gasteiger partial charge in [-0.05, 0) is 22.6 Å². The third-order valence-electron chi connectivity index (χ3n) is 2.35. The van der Waals surface area contributed by atoms with Crippen LogP contribution >= 0.6 is 22.6 Å². The molecule has 1 N–H and O–H groups in total. The molecule has 0 aliphatic carbocycles. The van der Waals surface area contributed by atoms with Gasteiger partial charge in [0.1, 0.15) is 3.70 Å². The first kappa shape index (κ1) is 9.75. The lowest BCUT2D eigenvalue weighted by Gasteiger charge is -2.27. The second-order valence-corrected chi connectivity index (χ2v) is 4.17. The average molecular weight is 306 g/mol. The third-order valence-corrected chi connectivity index (χ3v) is 3.25. The van der Waals surface area contributed by atoms with Crippen LogP contribution in [-0.4, -0.2) is 34.1 Å². The maximum absolute atomic E-state index is 11.4. The minimum Gasteiger partial charge on any atom is -0.341 e. The van der Waals surface area contributed by atoms with Gasteiger partial charge in [0.15, 0.2) is 0 Å². The number of urea groups is 1. The van der Waals surface area contributed by atoms with Crippen molar-refractivity contribution < 1.29 is 4.79 Å². The summed E-state index contributed by atoms with van der Waals surface area (Å²) in [6.07, 6.45) is 1.83. The Hall–Kier alpha value is -0.790. The molecule has 14 heavy (non-hydrogen) atoms. The first-order valence-corrected chi connectivity index (χ1v) is 5.46. The molecule has 0 saturated carbocycles. The fraction of sp³-hybridized carbons (Fsp3) is 0.500. The van der Waals surface area contributed by atoms with E-state index in [1.165, 1.54) is 0 Å². The predicted molar refractivity (Wildman–Crippen MR) is 59.8 cm³/mol. The zero-order valence-corrected chi connectivity index (χ0v) is 9.98. The molecule has 1 aromatic rings. The van der Waals surface area contributed by atoms with Gasteiger partial charge in [0.2, 0.25) is 0 Å². The van der Waals surface area contributed by atoms with Crippen LogP contribution in [0.25, 0.3) is 0 Å².